The van der Waals surface area contributed by atoms with E-state index in [4.69, 9.17) is 9.40 Å². The number of furan rings is 1. The molecule has 0 fully saturated rings. The van der Waals surface area contributed by atoms with Crippen LogP contribution in [-0.4, -0.2) is 4.98 Å². The summed E-state index contributed by atoms with van der Waals surface area (Å²) in [4.78, 5) is 4.93. The van der Waals surface area contributed by atoms with E-state index in [1.165, 1.54) is 11.1 Å². The molecular weight excluding hydrogens is 294 g/mol. The van der Waals surface area contributed by atoms with Crippen LogP contribution in [0.3, 0.4) is 0 Å². The molecule has 24 heavy (non-hydrogen) atoms. The van der Waals surface area contributed by atoms with Crippen LogP contribution in [0.4, 0.5) is 0 Å². The lowest BCUT2D eigenvalue weighted by Crippen LogP contribution is -1.89. The molecule has 0 saturated heterocycles. The molecular formula is C22H21NO. The normalized spacial score (nSPS) is 11.7. The number of rotatable bonds is 2. The second kappa shape index (κ2) is 5.48. The van der Waals surface area contributed by atoms with Crippen LogP contribution in [0.5, 0.6) is 0 Å². The number of para-hydroxylation sites is 1. The van der Waals surface area contributed by atoms with E-state index in [2.05, 4.69) is 70.2 Å². The number of benzene rings is 2. The van der Waals surface area contributed by atoms with Crippen LogP contribution < -0.4 is 0 Å². The zero-order valence-corrected chi connectivity index (χ0v) is 14.6. The highest BCUT2D eigenvalue weighted by Crippen LogP contribution is 2.36. The minimum Gasteiger partial charge on any atom is -0.458 e. The van der Waals surface area contributed by atoms with Gasteiger partial charge in [0, 0.05) is 22.3 Å². The van der Waals surface area contributed by atoms with Crippen LogP contribution in [0.25, 0.3) is 33.1 Å². The molecule has 2 heteroatoms. The molecule has 4 aromatic rings. The van der Waals surface area contributed by atoms with Crippen molar-refractivity contribution in [3.05, 3.63) is 65.4 Å². The molecule has 0 radical (unpaired) electrons. The summed E-state index contributed by atoms with van der Waals surface area (Å²) in [5, 5.41) is 2.30. The lowest BCUT2D eigenvalue weighted by atomic mass is 10.0. The number of aryl methyl sites for hydroxylation is 2. The van der Waals surface area contributed by atoms with Crippen LogP contribution in [0.2, 0.25) is 0 Å². The zero-order chi connectivity index (χ0) is 16.8. The molecule has 0 atom stereocenters. The first-order valence-electron chi connectivity index (χ1n) is 8.44. The van der Waals surface area contributed by atoms with Gasteiger partial charge in [-0.25, -0.2) is 4.98 Å². The van der Waals surface area contributed by atoms with E-state index in [1.54, 1.807) is 0 Å². The monoisotopic (exact) mass is 315 g/mol. The van der Waals surface area contributed by atoms with Gasteiger partial charge in [-0.15, -0.1) is 0 Å². The van der Waals surface area contributed by atoms with E-state index >= 15 is 0 Å². The Morgan fingerprint density at radius 2 is 1.58 bits per heavy atom. The zero-order valence-electron chi connectivity index (χ0n) is 14.6. The van der Waals surface area contributed by atoms with E-state index in [-0.39, 0.29) is 0 Å². The van der Waals surface area contributed by atoms with Crippen molar-refractivity contribution in [2.45, 2.75) is 33.6 Å². The van der Waals surface area contributed by atoms with Gasteiger partial charge in [0.2, 0.25) is 0 Å². The van der Waals surface area contributed by atoms with Crippen molar-refractivity contribution in [2.24, 2.45) is 0 Å². The summed E-state index contributed by atoms with van der Waals surface area (Å²) in [6, 6.07) is 17.0. The maximum atomic E-state index is 6.24. The van der Waals surface area contributed by atoms with Crippen LogP contribution in [0.1, 0.15) is 36.7 Å². The standard InChI is InChI=1S/C22H21NO/c1-13(2)20-12-18-17-7-5-6-8-19(17)23-21(22(18)24-20)16-10-14(3)9-15(4)11-16/h5-13H,1-4H3. The van der Waals surface area contributed by atoms with Gasteiger partial charge in [-0.3, -0.25) is 0 Å². The van der Waals surface area contributed by atoms with Gasteiger partial charge < -0.3 is 4.42 Å². The Morgan fingerprint density at radius 3 is 2.29 bits per heavy atom. The molecule has 2 heterocycles. The summed E-state index contributed by atoms with van der Waals surface area (Å²) in [6.45, 7) is 8.56. The maximum absolute atomic E-state index is 6.24. The average molecular weight is 315 g/mol. The van der Waals surface area contributed by atoms with Gasteiger partial charge in [-0.2, -0.15) is 0 Å². The molecule has 0 aliphatic carbocycles. The fourth-order valence-electron chi connectivity index (χ4n) is 3.35. The summed E-state index contributed by atoms with van der Waals surface area (Å²) in [5.74, 6) is 1.36. The first kappa shape index (κ1) is 14.9. The van der Waals surface area contributed by atoms with Crippen LogP contribution in [0.15, 0.2) is 52.9 Å². The number of pyridine rings is 1. The highest BCUT2D eigenvalue weighted by molar-refractivity contribution is 6.08. The SMILES string of the molecule is Cc1cc(C)cc(-c2nc3ccccc3c3cc(C(C)C)oc23)c1. The van der Waals surface area contributed by atoms with Crippen molar-refractivity contribution in [3.8, 4) is 11.3 Å². The number of nitrogens with zero attached hydrogens (tertiary/aromatic N) is 1. The number of aromatic nitrogens is 1. The third-order valence-corrected chi connectivity index (χ3v) is 4.46. The second-order valence-corrected chi connectivity index (χ2v) is 6.90. The predicted octanol–water partition coefficient (Wildman–Crippen LogP) is 6.39. The molecule has 120 valence electrons. The van der Waals surface area contributed by atoms with Gasteiger partial charge in [0.1, 0.15) is 11.5 Å². The fraction of sp³-hybridized carbons (Fsp3) is 0.227. The van der Waals surface area contributed by atoms with Gasteiger partial charge in [-0.1, -0.05) is 49.2 Å². The van der Waals surface area contributed by atoms with Gasteiger partial charge in [0.05, 0.1) is 5.52 Å². The molecule has 2 nitrogen and oxygen atoms in total. The van der Waals surface area contributed by atoms with Crippen molar-refractivity contribution in [1.82, 2.24) is 4.98 Å². The number of fused-ring (bicyclic) bond motifs is 3. The van der Waals surface area contributed by atoms with E-state index < -0.39 is 0 Å². The summed E-state index contributed by atoms with van der Waals surface area (Å²) in [6.07, 6.45) is 0. The molecule has 0 N–H and O–H groups in total. The van der Waals surface area contributed by atoms with Crippen molar-refractivity contribution in [2.75, 3.05) is 0 Å². The molecule has 0 saturated carbocycles. The van der Waals surface area contributed by atoms with Crippen LogP contribution >= 0.6 is 0 Å². The molecule has 2 aromatic carbocycles. The van der Waals surface area contributed by atoms with E-state index in [1.807, 2.05) is 6.07 Å². The Morgan fingerprint density at radius 1 is 0.875 bits per heavy atom. The fourth-order valence-corrected chi connectivity index (χ4v) is 3.35. The molecule has 0 aliphatic heterocycles. The summed E-state index contributed by atoms with van der Waals surface area (Å²) in [5.41, 5.74) is 6.43. The first-order valence-corrected chi connectivity index (χ1v) is 8.44. The minimum atomic E-state index is 0.350. The quantitative estimate of drug-likeness (QED) is 0.428. The van der Waals surface area contributed by atoms with Crippen molar-refractivity contribution >= 4 is 21.9 Å². The largest absolute Gasteiger partial charge is 0.458 e. The topological polar surface area (TPSA) is 26.0 Å². The Kier molecular flexibility index (Phi) is 3.42. The van der Waals surface area contributed by atoms with Gasteiger partial charge >= 0.3 is 0 Å². The second-order valence-electron chi connectivity index (χ2n) is 6.90. The molecule has 0 aliphatic rings. The highest BCUT2D eigenvalue weighted by atomic mass is 16.3. The molecule has 0 spiro atoms. The van der Waals surface area contributed by atoms with E-state index in [9.17, 15) is 0 Å². The van der Waals surface area contributed by atoms with Crippen molar-refractivity contribution in [1.29, 1.82) is 0 Å². The molecule has 0 bridgehead atoms. The third-order valence-electron chi connectivity index (χ3n) is 4.46. The number of hydrogen-bond donors (Lipinski definition) is 0. The Labute approximate surface area is 142 Å². The van der Waals surface area contributed by atoms with Gasteiger partial charge in [0.25, 0.3) is 0 Å². The molecule has 2 aromatic heterocycles. The first-order chi connectivity index (χ1) is 11.5. The Bertz CT molecular complexity index is 1040. The molecule has 0 unspecified atom stereocenters. The smallest absolute Gasteiger partial charge is 0.161 e. The van der Waals surface area contributed by atoms with Crippen LogP contribution in [-0.2, 0) is 0 Å². The minimum absolute atomic E-state index is 0.350. The summed E-state index contributed by atoms with van der Waals surface area (Å²) in [7, 11) is 0. The average Bonchev–Trinajstić information content (AvgIpc) is 2.99. The predicted molar refractivity (Wildman–Crippen MR) is 101 cm³/mol. The van der Waals surface area contributed by atoms with E-state index in [0.717, 1.165) is 38.9 Å². The Balaban J connectivity index is 2.12. The van der Waals surface area contributed by atoms with Gasteiger partial charge in [-0.05, 0) is 38.1 Å². The Hall–Kier alpha value is -2.61. The van der Waals surface area contributed by atoms with E-state index in [0.29, 0.717) is 5.92 Å². The highest BCUT2D eigenvalue weighted by Gasteiger charge is 2.17. The number of hydrogen-bond acceptors (Lipinski definition) is 2. The summed E-state index contributed by atoms with van der Waals surface area (Å²) < 4.78 is 6.24. The van der Waals surface area contributed by atoms with Crippen LogP contribution in [0, 0.1) is 13.8 Å². The van der Waals surface area contributed by atoms with Crippen molar-refractivity contribution in [3.63, 3.8) is 0 Å². The molecule has 4 rings (SSSR count). The summed E-state index contributed by atoms with van der Waals surface area (Å²) >= 11 is 0. The van der Waals surface area contributed by atoms with Crippen molar-refractivity contribution < 1.29 is 4.42 Å². The molecule has 0 amide bonds. The lowest BCUT2D eigenvalue weighted by molar-refractivity contribution is 0.522. The van der Waals surface area contributed by atoms with Gasteiger partial charge in [0.15, 0.2) is 5.58 Å². The third kappa shape index (κ3) is 2.39. The lowest BCUT2D eigenvalue weighted by Gasteiger charge is -2.08. The maximum Gasteiger partial charge on any atom is 0.161 e.